The molecule has 2 rings (SSSR count). The van der Waals surface area contributed by atoms with Crippen molar-refractivity contribution in [3.63, 3.8) is 0 Å². The summed E-state index contributed by atoms with van der Waals surface area (Å²) in [5.41, 5.74) is 7.48. The maximum Gasteiger partial charge on any atom is 0.264 e. The number of aryl methyl sites for hydroxylation is 1. The third-order valence-corrected chi connectivity index (χ3v) is 4.71. The minimum atomic E-state index is -0.0859. The van der Waals surface area contributed by atoms with Crippen LogP contribution in [0, 0.1) is 6.92 Å². The molecule has 0 saturated carbocycles. The molecule has 0 radical (unpaired) electrons. The molecular weight excluding hydrogens is 284 g/mol. The molecular formula is C16H20N2O2S. The molecule has 0 fully saturated rings. The zero-order chi connectivity index (χ0) is 15.6. The summed E-state index contributed by atoms with van der Waals surface area (Å²) >= 11 is 1.43. The maximum absolute atomic E-state index is 12.6. The summed E-state index contributed by atoms with van der Waals surface area (Å²) in [6, 6.07) is 9.39. The van der Waals surface area contributed by atoms with E-state index in [4.69, 9.17) is 10.5 Å². The van der Waals surface area contributed by atoms with Crippen LogP contribution in [0.25, 0.3) is 0 Å². The standard InChI is InChI=1S/C16H20N2O2S/c1-10(12-7-5-6-8-14(12)20-4)18(3)16(19)15-9-13(17)11(2)21-15/h5-10H,17H2,1-4H3. The van der Waals surface area contributed by atoms with Gasteiger partial charge in [-0.25, -0.2) is 0 Å². The molecule has 0 aliphatic rings. The Bertz CT molecular complexity index is 632. The van der Waals surface area contributed by atoms with Crippen molar-refractivity contribution in [2.24, 2.45) is 0 Å². The van der Waals surface area contributed by atoms with Crippen LogP contribution in [0.4, 0.5) is 5.69 Å². The number of para-hydroxylation sites is 1. The minimum Gasteiger partial charge on any atom is -0.496 e. The largest absolute Gasteiger partial charge is 0.496 e. The van der Waals surface area contributed by atoms with Gasteiger partial charge in [0.2, 0.25) is 0 Å². The van der Waals surface area contributed by atoms with E-state index in [1.807, 2.05) is 38.1 Å². The van der Waals surface area contributed by atoms with Crippen LogP contribution in [0.15, 0.2) is 30.3 Å². The topological polar surface area (TPSA) is 55.6 Å². The van der Waals surface area contributed by atoms with Crippen molar-refractivity contribution in [1.82, 2.24) is 4.90 Å². The monoisotopic (exact) mass is 304 g/mol. The Labute approximate surface area is 129 Å². The molecule has 5 heteroatoms. The number of carbonyl (C=O) groups excluding carboxylic acids is 1. The van der Waals surface area contributed by atoms with E-state index in [2.05, 4.69) is 0 Å². The van der Waals surface area contributed by atoms with Crippen molar-refractivity contribution in [2.45, 2.75) is 19.9 Å². The highest BCUT2D eigenvalue weighted by atomic mass is 32.1. The van der Waals surface area contributed by atoms with Gasteiger partial charge < -0.3 is 15.4 Å². The molecule has 0 aliphatic heterocycles. The summed E-state index contributed by atoms with van der Waals surface area (Å²) < 4.78 is 5.37. The molecule has 1 amide bonds. The van der Waals surface area contributed by atoms with E-state index < -0.39 is 0 Å². The molecule has 1 heterocycles. The predicted molar refractivity (Wildman–Crippen MR) is 87.0 cm³/mol. The highest BCUT2D eigenvalue weighted by molar-refractivity contribution is 7.14. The van der Waals surface area contributed by atoms with Gasteiger partial charge in [-0.2, -0.15) is 0 Å². The third kappa shape index (κ3) is 3.03. The Morgan fingerprint density at radius 3 is 2.62 bits per heavy atom. The molecule has 0 aliphatic carbocycles. The lowest BCUT2D eigenvalue weighted by atomic mass is 10.1. The highest BCUT2D eigenvalue weighted by Gasteiger charge is 2.22. The Balaban J connectivity index is 2.26. The zero-order valence-corrected chi connectivity index (χ0v) is 13.5. The molecule has 0 bridgehead atoms. The molecule has 0 spiro atoms. The Morgan fingerprint density at radius 1 is 1.38 bits per heavy atom. The van der Waals surface area contributed by atoms with Gasteiger partial charge in [-0.1, -0.05) is 18.2 Å². The number of thiophene rings is 1. The van der Waals surface area contributed by atoms with Gasteiger partial charge in [0.15, 0.2) is 0 Å². The van der Waals surface area contributed by atoms with Crippen LogP contribution in [-0.4, -0.2) is 25.0 Å². The molecule has 112 valence electrons. The van der Waals surface area contributed by atoms with Crippen LogP contribution in [0.3, 0.4) is 0 Å². The second-order valence-corrected chi connectivity index (χ2v) is 6.21. The summed E-state index contributed by atoms with van der Waals surface area (Å²) in [5, 5.41) is 0. The Hall–Kier alpha value is -2.01. The average Bonchev–Trinajstić information content (AvgIpc) is 2.84. The van der Waals surface area contributed by atoms with Crippen LogP contribution >= 0.6 is 11.3 Å². The minimum absolute atomic E-state index is 0.0294. The lowest BCUT2D eigenvalue weighted by Crippen LogP contribution is -2.29. The normalized spacial score (nSPS) is 12.0. The predicted octanol–water partition coefficient (Wildman–Crippen LogP) is 3.48. The molecule has 0 saturated heterocycles. The molecule has 1 unspecified atom stereocenters. The zero-order valence-electron chi connectivity index (χ0n) is 12.7. The van der Waals surface area contributed by atoms with Crippen molar-refractivity contribution < 1.29 is 9.53 Å². The van der Waals surface area contributed by atoms with Crippen molar-refractivity contribution in [3.8, 4) is 5.75 Å². The molecule has 2 aromatic rings. The number of ether oxygens (including phenoxy) is 1. The lowest BCUT2D eigenvalue weighted by molar-refractivity contribution is 0.0746. The number of rotatable bonds is 4. The highest BCUT2D eigenvalue weighted by Crippen LogP contribution is 2.31. The second kappa shape index (κ2) is 6.18. The van der Waals surface area contributed by atoms with Gasteiger partial charge in [0.25, 0.3) is 5.91 Å². The number of amides is 1. The van der Waals surface area contributed by atoms with Gasteiger partial charge in [-0.3, -0.25) is 4.79 Å². The number of carbonyl (C=O) groups is 1. The van der Waals surface area contributed by atoms with Crippen molar-refractivity contribution in [2.75, 3.05) is 19.9 Å². The fraction of sp³-hybridized carbons (Fsp3) is 0.312. The van der Waals surface area contributed by atoms with Crippen molar-refractivity contribution >= 4 is 22.9 Å². The lowest BCUT2D eigenvalue weighted by Gasteiger charge is -2.26. The first-order valence-corrected chi connectivity index (χ1v) is 7.53. The number of nitrogen functional groups attached to an aromatic ring is 1. The smallest absolute Gasteiger partial charge is 0.264 e. The number of nitrogens with two attached hydrogens (primary N) is 1. The van der Waals surface area contributed by atoms with Crippen LogP contribution in [0.5, 0.6) is 5.75 Å². The number of nitrogens with zero attached hydrogens (tertiary/aromatic N) is 1. The summed E-state index contributed by atoms with van der Waals surface area (Å²) in [4.78, 5) is 15.9. The third-order valence-electron chi connectivity index (χ3n) is 3.66. The van der Waals surface area contributed by atoms with Gasteiger partial charge in [0, 0.05) is 23.2 Å². The van der Waals surface area contributed by atoms with E-state index in [0.717, 1.165) is 16.2 Å². The summed E-state index contributed by atoms with van der Waals surface area (Å²) in [5.74, 6) is 0.754. The van der Waals surface area contributed by atoms with Gasteiger partial charge in [-0.05, 0) is 26.0 Å². The fourth-order valence-corrected chi connectivity index (χ4v) is 3.10. The molecule has 1 aromatic carbocycles. The van der Waals surface area contributed by atoms with Crippen LogP contribution in [-0.2, 0) is 0 Å². The molecule has 1 aromatic heterocycles. The van der Waals surface area contributed by atoms with E-state index in [0.29, 0.717) is 10.6 Å². The molecule has 2 N–H and O–H groups in total. The van der Waals surface area contributed by atoms with Gasteiger partial charge in [-0.15, -0.1) is 11.3 Å². The van der Waals surface area contributed by atoms with Crippen molar-refractivity contribution in [1.29, 1.82) is 0 Å². The van der Waals surface area contributed by atoms with E-state index >= 15 is 0 Å². The van der Waals surface area contributed by atoms with Gasteiger partial charge >= 0.3 is 0 Å². The summed E-state index contributed by atoms with van der Waals surface area (Å²) in [6.07, 6.45) is 0. The summed E-state index contributed by atoms with van der Waals surface area (Å²) in [7, 11) is 3.43. The quantitative estimate of drug-likeness (QED) is 0.941. The van der Waals surface area contributed by atoms with Gasteiger partial charge in [0.05, 0.1) is 18.0 Å². The maximum atomic E-state index is 12.6. The van der Waals surface area contributed by atoms with Crippen LogP contribution < -0.4 is 10.5 Å². The van der Waals surface area contributed by atoms with E-state index in [1.54, 1.807) is 25.1 Å². The number of hydrogen-bond acceptors (Lipinski definition) is 4. The molecule has 1 atom stereocenters. The van der Waals surface area contributed by atoms with E-state index in [-0.39, 0.29) is 11.9 Å². The SMILES string of the molecule is COc1ccccc1C(C)N(C)C(=O)c1cc(N)c(C)s1. The van der Waals surface area contributed by atoms with E-state index in [1.165, 1.54) is 11.3 Å². The number of benzene rings is 1. The number of anilines is 1. The Morgan fingerprint density at radius 2 is 2.05 bits per heavy atom. The average molecular weight is 304 g/mol. The molecule has 21 heavy (non-hydrogen) atoms. The van der Waals surface area contributed by atoms with Crippen LogP contribution in [0.2, 0.25) is 0 Å². The van der Waals surface area contributed by atoms with Crippen molar-refractivity contribution in [3.05, 3.63) is 45.6 Å². The number of methoxy groups -OCH3 is 1. The van der Waals surface area contributed by atoms with Gasteiger partial charge in [0.1, 0.15) is 5.75 Å². The first kappa shape index (κ1) is 15.4. The molecule has 4 nitrogen and oxygen atoms in total. The number of hydrogen-bond donors (Lipinski definition) is 1. The summed E-state index contributed by atoms with van der Waals surface area (Å²) in [6.45, 7) is 3.90. The first-order chi connectivity index (χ1) is 9.95. The second-order valence-electron chi connectivity index (χ2n) is 4.96. The fourth-order valence-electron chi connectivity index (χ4n) is 2.17. The van der Waals surface area contributed by atoms with Crippen LogP contribution in [0.1, 0.15) is 33.1 Å². The van der Waals surface area contributed by atoms with E-state index in [9.17, 15) is 4.79 Å². The Kier molecular flexibility index (Phi) is 4.53. The first-order valence-electron chi connectivity index (χ1n) is 6.71.